The number of aromatic amines is 1. The smallest absolute Gasteiger partial charge is 0.266 e. The first-order chi connectivity index (χ1) is 12.8. The molecule has 3 nitrogen and oxygen atoms in total. The van der Waals surface area contributed by atoms with E-state index >= 15 is 0 Å². The van der Waals surface area contributed by atoms with Crippen molar-refractivity contribution in [1.82, 2.24) is 4.98 Å². The van der Waals surface area contributed by atoms with Crippen molar-refractivity contribution < 1.29 is 4.74 Å². The summed E-state index contributed by atoms with van der Waals surface area (Å²) >= 11 is 1.48. The summed E-state index contributed by atoms with van der Waals surface area (Å²) in [6.07, 6.45) is 4.84. The Bertz CT molecular complexity index is 1210. The van der Waals surface area contributed by atoms with Crippen molar-refractivity contribution >= 4 is 44.7 Å². The van der Waals surface area contributed by atoms with E-state index in [1.807, 2.05) is 23.6 Å². The van der Waals surface area contributed by atoms with Crippen molar-refractivity contribution in [3.05, 3.63) is 63.3 Å². The lowest BCUT2D eigenvalue weighted by Gasteiger charge is -2.19. The van der Waals surface area contributed by atoms with Gasteiger partial charge in [-0.05, 0) is 66.0 Å². The van der Waals surface area contributed by atoms with Crippen LogP contribution in [-0.4, -0.2) is 12.1 Å². The van der Waals surface area contributed by atoms with Gasteiger partial charge in [-0.1, -0.05) is 18.2 Å². The van der Waals surface area contributed by atoms with Crippen LogP contribution in [0.25, 0.3) is 32.1 Å². The normalized spacial score (nSPS) is 13.4. The van der Waals surface area contributed by atoms with E-state index in [9.17, 15) is 4.79 Å². The zero-order chi connectivity index (χ0) is 17.7. The average molecular weight is 398 g/mol. The van der Waals surface area contributed by atoms with Gasteiger partial charge in [-0.25, -0.2) is 0 Å². The zero-order valence-electron chi connectivity index (χ0n) is 15.0. The first-order valence-corrected chi connectivity index (χ1v) is 9.86. The summed E-state index contributed by atoms with van der Waals surface area (Å²) in [6, 6.07) is 12.7. The van der Waals surface area contributed by atoms with Crippen molar-refractivity contribution in [2.75, 3.05) is 7.11 Å². The van der Waals surface area contributed by atoms with Crippen LogP contribution >= 0.6 is 23.7 Å². The third-order valence-corrected chi connectivity index (χ3v) is 6.33. The van der Waals surface area contributed by atoms with Gasteiger partial charge in [-0.3, -0.25) is 4.79 Å². The molecule has 0 spiro atoms. The second-order valence-electron chi connectivity index (χ2n) is 6.87. The Labute approximate surface area is 167 Å². The monoisotopic (exact) mass is 397 g/mol. The molecule has 0 atom stereocenters. The number of fused-ring (bicyclic) bond motifs is 4. The highest BCUT2D eigenvalue weighted by molar-refractivity contribution is 7.17. The van der Waals surface area contributed by atoms with Crippen LogP contribution in [0.3, 0.4) is 0 Å². The van der Waals surface area contributed by atoms with Gasteiger partial charge in [0.05, 0.1) is 7.11 Å². The van der Waals surface area contributed by atoms with Crippen LogP contribution in [0.2, 0.25) is 0 Å². The van der Waals surface area contributed by atoms with Gasteiger partial charge < -0.3 is 9.72 Å². The second-order valence-corrected chi connectivity index (χ2v) is 7.79. The number of H-pyrrole nitrogens is 1. The summed E-state index contributed by atoms with van der Waals surface area (Å²) in [5.41, 5.74) is 5.97. The molecule has 27 heavy (non-hydrogen) atoms. The van der Waals surface area contributed by atoms with Gasteiger partial charge in [0, 0.05) is 21.9 Å². The van der Waals surface area contributed by atoms with Crippen molar-refractivity contribution in [3.8, 4) is 16.9 Å². The van der Waals surface area contributed by atoms with Gasteiger partial charge >= 0.3 is 0 Å². The molecule has 0 fully saturated rings. The number of thiophene rings is 1. The average Bonchev–Trinajstić information content (AvgIpc) is 3.17. The van der Waals surface area contributed by atoms with Gasteiger partial charge in [-0.2, -0.15) is 0 Å². The summed E-state index contributed by atoms with van der Waals surface area (Å²) in [7, 11) is 1.71. The maximum Gasteiger partial charge on any atom is 0.266 e. The van der Waals surface area contributed by atoms with Crippen LogP contribution in [0.4, 0.5) is 0 Å². The molecule has 2 aromatic heterocycles. The number of hydrogen-bond donors (Lipinski definition) is 1. The van der Waals surface area contributed by atoms with E-state index in [-0.39, 0.29) is 18.0 Å². The molecule has 5 heteroatoms. The minimum atomic E-state index is -0.0240. The minimum Gasteiger partial charge on any atom is -0.496 e. The minimum absolute atomic E-state index is 0. The molecular formula is C22H20ClNO2S. The van der Waals surface area contributed by atoms with E-state index in [0.717, 1.165) is 44.3 Å². The number of nitrogens with one attached hydrogen (secondary N) is 1. The maximum absolute atomic E-state index is 12.4. The molecule has 2 heterocycles. The van der Waals surface area contributed by atoms with E-state index in [4.69, 9.17) is 4.74 Å². The number of halogens is 1. The highest BCUT2D eigenvalue weighted by Gasteiger charge is 2.18. The van der Waals surface area contributed by atoms with E-state index in [1.54, 1.807) is 7.11 Å². The topological polar surface area (TPSA) is 42.1 Å². The molecule has 1 aliphatic carbocycles. The first-order valence-electron chi connectivity index (χ1n) is 8.98. The number of rotatable bonds is 2. The molecule has 0 unspecified atom stereocenters. The standard InChI is InChI=1S/C22H19NO2S.ClH/c1-25-18-9-8-17-20(16-10-11-26-21(16)22(24)23-17)19(18)15-7-6-13-4-2-3-5-14(13)12-15;/h6-12H,2-5H2,1H3,(H,23,24);1H. The van der Waals surface area contributed by atoms with Gasteiger partial charge in [0.1, 0.15) is 10.4 Å². The lowest BCUT2D eigenvalue weighted by Crippen LogP contribution is -2.05. The summed E-state index contributed by atoms with van der Waals surface area (Å²) in [4.78, 5) is 15.4. The molecule has 0 radical (unpaired) electrons. The fourth-order valence-corrected chi connectivity index (χ4v) is 4.97. The number of pyridine rings is 1. The van der Waals surface area contributed by atoms with E-state index in [2.05, 4.69) is 23.2 Å². The number of methoxy groups -OCH3 is 1. The van der Waals surface area contributed by atoms with Gasteiger partial charge in [-0.15, -0.1) is 23.7 Å². The lowest BCUT2D eigenvalue weighted by atomic mass is 9.88. The molecule has 0 saturated heterocycles. The Morgan fingerprint density at radius 3 is 2.67 bits per heavy atom. The molecule has 0 amide bonds. The van der Waals surface area contributed by atoms with Crippen molar-refractivity contribution in [1.29, 1.82) is 0 Å². The van der Waals surface area contributed by atoms with Crippen LogP contribution in [0.15, 0.2) is 46.6 Å². The SMILES string of the molecule is COc1ccc2[nH]c(=O)c3sccc3c2c1-c1ccc2c(c1)CCCC2.Cl. The van der Waals surface area contributed by atoms with Crippen LogP contribution in [0.1, 0.15) is 24.0 Å². The Morgan fingerprint density at radius 2 is 1.85 bits per heavy atom. The highest BCUT2D eigenvalue weighted by atomic mass is 35.5. The highest BCUT2D eigenvalue weighted by Crippen LogP contribution is 2.41. The Morgan fingerprint density at radius 1 is 1.04 bits per heavy atom. The zero-order valence-corrected chi connectivity index (χ0v) is 16.6. The van der Waals surface area contributed by atoms with E-state index in [1.165, 1.54) is 41.7 Å². The number of hydrogen-bond acceptors (Lipinski definition) is 3. The van der Waals surface area contributed by atoms with Gasteiger partial charge in [0.15, 0.2) is 0 Å². The molecule has 1 aliphatic rings. The summed E-state index contributed by atoms with van der Waals surface area (Å²) in [5, 5.41) is 4.05. The number of aromatic nitrogens is 1. The number of benzene rings is 2. The summed E-state index contributed by atoms with van der Waals surface area (Å²) < 4.78 is 6.49. The van der Waals surface area contributed by atoms with E-state index in [0.29, 0.717) is 0 Å². The fraction of sp³-hybridized carbons (Fsp3) is 0.227. The largest absolute Gasteiger partial charge is 0.496 e. The summed E-state index contributed by atoms with van der Waals surface area (Å²) in [6.45, 7) is 0. The maximum atomic E-state index is 12.4. The van der Waals surface area contributed by atoms with Gasteiger partial charge in [0.25, 0.3) is 5.56 Å². The lowest BCUT2D eigenvalue weighted by molar-refractivity contribution is 0.417. The molecule has 4 aromatic rings. The number of ether oxygens (including phenoxy) is 1. The van der Waals surface area contributed by atoms with Crippen LogP contribution in [0, 0.1) is 0 Å². The Hall–Kier alpha value is -2.30. The van der Waals surface area contributed by atoms with Crippen LogP contribution < -0.4 is 10.3 Å². The predicted molar refractivity (Wildman–Crippen MR) is 116 cm³/mol. The molecule has 0 bridgehead atoms. The fourth-order valence-electron chi connectivity index (χ4n) is 4.17. The molecular weight excluding hydrogens is 378 g/mol. The molecule has 2 aromatic carbocycles. The molecule has 0 saturated carbocycles. The third kappa shape index (κ3) is 2.84. The molecule has 0 aliphatic heterocycles. The predicted octanol–water partition coefficient (Wildman–Crippen LogP) is 5.72. The third-order valence-electron chi connectivity index (χ3n) is 5.41. The number of aryl methyl sites for hydroxylation is 2. The van der Waals surface area contributed by atoms with Crippen molar-refractivity contribution in [2.45, 2.75) is 25.7 Å². The molecule has 1 N–H and O–H groups in total. The second kappa shape index (κ2) is 7.02. The molecule has 138 valence electrons. The quantitative estimate of drug-likeness (QED) is 0.470. The Balaban J connectivity index is 0.00000180. The van der Waals surface area contributed by atoms with Crippen LogP contribution in [0.5, 0.6) is 5.75 Å². The van der Waals surface area contributed by atoms with Crippen molar-refractivity contribution in [3.63, 3.8) is 0 Å². The van der Waals surface area contributed by atoms with Crippen LogP contribution in [-0.2, 0) is 12.8 Å². The van der Waals surface area contributed by atoms with Gasteiger partial charge in [0.2, 0.25) is 0 Å². The molecule has 5 rings (SSSR count). The Kier molecular flexibility index (Phi) is 4.70. The van der Waals surface area contributed by atoms with Crippen molar-refractivity contribution in [2.24, 2.45) is 0 Å². The summed E-state index contributed by atoms with van der Waals surface area (Å²) in [5.74, 6) is 0.841. The van der Waals surface area contributed by atoms with E-state index < -0.39 is 0 Å². The first kappa shape index (κ1) is 18.1.